The minimum absolute atomic E-state index is 0.138. The molecule has 0 aliphatic carbocycles. The standard InChI is InChI=1S/C24H32N6O4/c1-5-34-24(32)17-8-10-29(11-9-17)21(22-26-27-28-30(22)12-13-33-4)19-14-18-15(2)6-7-16(3)20(18)25-23(19)31/h6-7,14,17,21H,5,8-13H2,1-4H3,(H,25,31)/t21-/m1/s1. The van der Waals surface area contributed by atoms with Crippen LogP contribution < -0.4 is 5.56 Å². The molecule has 1 aliphatic heterocycles. The van der Waals surface area contributed by atoms with Crippen LogP contribution in [0.1, 0.15) is 48.3 Å². The molecule has 0 bridgehead atoms. The second-order valence-corrected chi connectivity index (χ2v) is 8.76. The minimum atomic E-state index is -0.455. The predicted molar refractivity (Wildman–Crippen MR) is 127 cm³/mol. The monoisotopic (exact) mass is 468 g/mol. The number of ether oxygens (including phenoxy) is 2. The zero-order valence-electron chi connectivity index (χ0n) is 20.2. The fraction of sp³-hybridized carbons (Fsp3) is 0.542. The molecule has 0 radical (unpaired) electrons. The van der Waals surface area contributed by atoms with Gasteiger partial charge in [-0.25, -0.2) is 4.68 Å². The number of hydrogen-bond acceptors (Lipinski definition) is 8. The zero-order chi connectivity index (χ0) is 24.2. The van der Waals surface area contributed by atoms with Crippen LogP contribution in [0.25, 0.3) is 10.9 Å². The van der Waals surface area contributed by atoms with Crippen LogP contribution in [0.2, 0.25) is 0 Å². The van der Waals surface area contributed by atoms with Crippen molar-refractivity contribution in [2.45, 2.75) is 46.2 Å². The third-order valence-corrected chi connectivity index (χ3v) is 6.59. The highest BCUT2D eigenvalue weighted by atomic mass is 16.5. The van der Waals surface area contributed by atoms with E-state index in [1.54, 1.807) is 11.8 Å². The molecule has 0 saturated carbocycles. The summed E-state index contributed by atoms with van der Waals surface area (Å²) in [5.74, 6) is 0.293. The molecular weight excluding hydrogens is 436 g/mol. The van der Waals surface area contributed by atoms with E-state index in [-0.39, 0.29) is 17.4 Å². The summed E-state index contributed by atoms with van der Waals surface area (Å²) >= 11 is 0. The molecule has 2 aromatic heterocycles. The average molecular weight is 469 g/mol. The molecule has 10 nitrogen and oxygen atoms in total. The molecule has 3 heterocycles. The number of H-pyrrole nitrogens is 1. The number of esters is 1. The fourth-order valence-electron chi connectivity index (χ4n) is 4.69. The Bertz CT molecular complexity index is 1210. The van der Waals surface area contributed by atoms with Crippen molar-refractivity contribution < 1.29 is 14.3 Å². The number of carbonyl (C=O) groups excluding carboxylic acids is 1. The summed E-state index contributed by atoms with van der Waals surface area (Å²) in [6.45, 7) is 8.37. The van der Waals surface area contributed by atoms with Gasteiger partial charge >= 0.3 is 5.97 Å². The lowest BCUT2D eigenvalue weighted by molar-refractivity contribution is -0.149. The Balaban J connectivity index is 1.76. The number of piperidine rings is 1. The van der Waals surface area contributed by atoms with Gasteiger partial charge in [0, 0.05) is 31.1 Å². The van der Waals surface area contributed by atoms with Crippen LogP contribution >= 0.6 is 0 Å². The normalized spacial score (nSPS) is 16.1. The summed E-state index contributed by atoms with van der Waals surface area (Å²) < 4.78 is 12.1. The Morgan fingerprint density at radius 1 is 1.24 bits per heavy atom. The van der Waals surface area contributed by atoms with Crippen LogP contribution in [0.5, 0.6) is 0 Å². The molecule has 0 spiro atoms. The molecule has 1 saturated heterocycles. The molecule has 3 aromatic rings. The molecule has 1 fully saturated rings. The summed E-state index contributed by atoms with van der Waals surface area (Å²) in [6, 6.07) is 5.58. The first kappa shape index (κ1) is 24.0. The maximum atomic E-state index is 13.4. The van der Waals surface area contributed by atoms with Crippen molar-refractivity contribution in [2.24, 2.45) is 5.92 Å². The van der Waals surface area contributed by atoms with E-state index in [0.29, 0.717) is 57.1 Å². The van der Waals surface area contributed by atoms with Gasteiger partial charge < -0.3 is 14.5 Å². The topological polar surface area (TPSA) is 115 Å². The van der Waals surface area contributed by atoms with Crippen molar-refractivity contribution in [1.82, 2.24) is 30.1 Å². The lowest BCUT2D eigenvalue weighted by Crippen LogP contribution is -2.42. The van der Waals surface area contributed by atoms with Crippen molar-refractivity contribution in [3.8, 4) is 0 Å². The first-order valence-electron chi connectivity index (χ1n) is 11.7. The number of likely N-dealkylation sites (tertiary alicyclic amines) is 1. The molecule has 1 aromatic carbocycles. The van der Waals surface area contributed by atoms with Gasteiger partial charge in [0.1, 0.15) is 6.04 Å². The highest BCUT2D eigenvalue weighted by Crippen LogP contribution is 2.32. The van der Waals surface area contributed by atoms with Gasteiger partial charge in [-0.05, 0) is 61.2 Å². The molecular formula is C24H32N6O4. The van der Waals surface area contributed by atoms with Crippen molar-refractivity contribution in [3.05, 3.63) is 51.1 Å². The van der Waals surface area contributed by atoms with Crippen LogP contribution in [0.15, 0.2) is 23.0 Å². The number of pyridine rings is 1. The van der Waals surface area contributed by atoms with Gasteiger partial charge in [-0.1, -0.05) is 12.1 Å². The Morgan fingerprint density at radius 2 is 1.97 bits per heavy atom. The van der Waals surface area contributed by atoms with Crippen LogP contribution in [0.4, 0.5) is 0 Å². The Kier molecular flexibility index (Phi) is 7.38. The third kappa shape index (κ3) is 4.74. The first-order valence-corrected chi connectivity index (χ1v) is 11.7. The van der Waals surface area contributed by atoms with Gasteiger partial charge in [-0.3, -0.25) is 14.5 Å². The number of rotatable bonds is 8. The number of aryl methyl sites for hydroxylation is 2. The predicted octanol–water partition coefficient (Wildman–Crippen LogP) is 2.14. The number of carbonyl (C=O) groups is 1. The zero-order valence-corrected chi connectivity index (χ0v) is 20.2. The summed E-state index contributed by atoms with van der Waals surface area (Å²) in [7, 11) is 1.63. The lowest BCUT2D eigenvalue weighted by Gasteiger charge is -2.36. The third-order valence-electron chi connectivity index (χ3n) is 6.59. The number of methoxy groups -OCH3 is 1. The van der Waals surface area contributed by atoms with E-state index in [9.17, 15) is 9.59 Å². The quantitative estimate of drug-likeness (QED) is 0.500. The van der Waals surface area contributed by atoms with Crippen LogP contribution in [0, 0.1) is 19.8 Å². The number of tetrazole rings is 1. The average Bonchev–Trinajstić information content (AvgIpc) is 3.29. The van der Waals surface area contributed by atoms with Gasteiger partial charge in [0.15, 0.2) is 5.82 Å². The summed E-state index contributed by atoms with van der Waals surface area (Å²) in [5.41, 5.74) is 3.36. The second-order valence-electron chi connectivity index (χ2n) is 8.76. The van der Waals surface area contributed by atoms with E-state index < -0.39 is 6.04 Å². The molecule has 182 valence electrons. The van der Waals surface area contributed by atoms with Crippen LogP contribution in [-0.2, 0) is 20.8 Å². The van der Waals surface area contributed by atoms with Crippen molar-refractivity contribution in [1.29, 1.82) is 0 Å². The van der Waals surface area contributed by atoms with E-state index in [0.717, 1.165) is 22.0 Å². The summed E-state index contributed by atoms with van der Waals surface area (Å²) in [5, 5.41) is 13.4. The van der Waals surface area contributed by atoms with E-state index in [1.807, 2.05) is 32.9 Å². The van der Waals surface area contributed by atoms with Crippen molar-refractivity contribution >= 4 is 16.9 Å². The van der Waals surface area contributed by atoms with Gasteiger partial charge in [0.25, 0.3) is 5.56 Å². The highest BCUT2D eigenvalue weighted by Gasteiger charge is 2.35. The molecule has 1 N–H and O–H groups in total. The first-order chi connectivity index (χ1) is 16.4. The Hall–Kier alpha value is -3.11. The second kappa shape index (κ2) is 10.4. The van der Waals surface area contributed by atoms with E-state index >= 15 is 0 Å². The molecule has 1 aliphatic rings. The lowest BCUT2D eigenvalue weighted by atomic mass is 9.93. The number of nitrogens with one attached hydrogen (secondary N) is 1. The van der Waals surface area contributed by atoms with Gasteiger partial charge in [-0.2, -0.15) is 0 Å². The largest absolute Gasteiger partial charge is 0.466 e. The van der Waals surface area contributed by atoms with Crippen LogP contribution in [0.3, 0.4) is 0 Å². The highest BCUT2D eigenvalue weighted by molar-refractivity contribution is 5.85. The summed E-state index contributed by atoms with van der Waals surface area (Å²) in [6.07, 6.45) is 1.30. The minimum Gasteiger partial charge on any atom is -0.466 e. The van der Waals surface area contributed by atoms with Gasteiger partial charge in [0.05, 0.1) is 31.2 Å². The number of fused-ring (bicyclic) bond motifs is 1. The number of aromatic amines is 1. The van der Waals surface area contributed by atoms with E-state index in [2.05, 4.69) is 31.5 Å². The SMILES string of the molecule is CCOC(=O)C1CCN([C@H](c2cc3c(C)ccc(C)c3[nH]c2=O)c2nnnn2CCOC)CC1. The molecule has 1 atom stereocenters. The Labute approximate surface area is 198 Å². The molecule has 4 rings (SSSR count). The molecule has 10 heteroatoms. The number of nitrogens with zero attached hydrogens (tertiary/aromatic N) is 5. The van der Waals surface area contributed by atoms with Crippen molar-refractivity contribution in [3.63, 3.8) is 0 Å². The molecule has 0 unspecified atom stereocenters. The van der Waals surface area contributed by atoms with Gasteiger partial charge in [0.2, 0.25) is 0 Å². The van der Waals surface area contributed by atoms with Crippen molar-refractivity contribution in [2.75, 3.05) is 33.4 Å². The fourth-order valence-corrected chi connectivity index (χ4v) is 4.69. The summed E-state index contributed by atoms with van der Waals surface area (Å²) in [4.78, 5) is 31.0. The van der Waals surface area contributed by atoms with E-state index in [4.69, 9.17) is 9.47 Å². The Morgan fingerprint density at radius 3 is 2.68 bits per heavy atom. The van der Waals surface area contributed by atoms with Gasteiger partial charge in [-0.15, -0.1) is 5.10 Å². The number of hydrogen-bond donors (Lipinski definition) is 1. The van der Waals surface area contributed by atoms with Crippen LogP contribution in [-0.4, -0.2) is 69.5 Å². The molecule has 34 heavy (non-hydrogen) atoms. The maximum Gasteiger partial charge on any atom is 0.309 e. The number of aromatic nitrogens is 5. The smallest absolute Gasteiger partial charge is 0.309 e. The van der Waals surface area contributed by atoms with E-state index in [1.165, 1.54) is 0 Å². The number of benzene rings is 1. The molecule has 0 amide bonds. The maximum absolute atomic E-state index is 13.4.